The van der Waals surface area contributed by atoms with Gasteiger partial charge in [0.15, 0.2) is 5.82 Å². The molecule has 4 heterocycles. The summed E-state index contributed by atoms with van der Waals surface area (Å²) in [7, 11) is 1.75. The number of hydrogen-bond acceptors (Lipinski definition) is 7. The van der Waals surface area contributed by atoms with Crippen LogP contribution in [-0.4, -0.2) is 30.8 Å². The number of anilines is 1. The minimum absolute atomic E-state index is 0.171. The quantitative estimate of drug-likeness (QED) is 0.377. The second kappa shape index (κ2) is 8.57. The molecule has 0 unspecified atom stereocenters. The highest BCUT2D eigenvalue weighted by atomic mass is 32.1. The summed E-state index contributed by atoms with van der Waals surface area (Å²) in [5, 5.41) is 7.16. The van der Waals surface area contributed by atoms with Crippen molar-refractivity contribution in [2.24, 2.45) is 7.05 Å². The Kier molecular flexibility index (Phi) is 5.45. The fourth-order valence-electron chi connectivity index (χ4n) is 3.47. The van der Waals surface area contributed by atoms with Gasteiger partial charge in [-0.25, -0.2) is 9.97 Å². The Morgan fingerprint density at radius 1 is 1.09 bits per heavy atom. The topological polar surface area (TPSA) is 98.9 Å². The Hall–Kier alpha value is -3.89. The van der Waals surface area contributed by atoms with Crippen LogP contribution in [0.1, 0.15) is 16.2 Å². The fraction of sp³-hybridized carbons (Fsp3) is 0.0870. The third-order valence-electron chi connectivity index (χ3n) is 5.12. The van der Waals surface area contributed by atoms with Crippen LogP contribution in [0.15, 0.2) is 70.7 Å². The maximum absolute atomic E-state index is 13.1. The molecule has 0 atom stereocenters. The van der Waals surface area contributed by atoms with E-state index in [1.54, 1.807) is 59.6 Å². The van der Waals surface area contributed by atoms with Gasteiger partial charge in [0.25, 0.3) is 5.56 Å². The van der Waals surface area contributed by atoms with Crippen molar-refractivity contribution in [3.63, 3.8) is 0 Å². The molecular formula is C23H17N5O3S2. The molecule has 0 fully saturated rings. The molecule has 33 heavy (non-hydrogen) atoms. The first-order chi connectivity index (χ1) is 16.0. The average molecular weight is 476 g/mol. The Morgan fingerprint density at radius 3 is 2.61 bits per heavy atom. The number of nitrogens with one attached hydrogen (secondary N) is 1. The number of aromatic nitrogens is 4. The van der Waals surface area contributed by atoms with Gasteiger partial charge in [-0.1, -0.05) is 6.07 Å². The highest BCUT2D eigenvalue weighted by Gasteiger charge is 2.16. The summed E-state index contributed by atoms with van der Waals surface area (Å²) in [5.74, 6) is -0.234. The first-order valence-corrected chi connectivity index (χ1v) is 11.7. The number of benzene rings is 1. The fourth-order valence-corrected chi connectivity index (χ4v) is 5.19. The first kappa shape index (κ1) is 21.0. The van der Waals surface area contributed by atoms with Gasteiger partial charge in [-0.2, -0.15) is 0 Å². The van der Waals surface area contributed by atoms with Crippen molar-refractivity contribution in [2.45, 2.75) is 6.54 Å². The van der Waals surface area contributed by atoms with E-state index in [1.807, 2.05) is 22.9 Å². The highest BCUT2D eigenvalue weighted by molar-refractivity contribution is 7.18. The molecule has 10 heteroatoms. The lowest BCUT2D eigenvalue weighted by atomic mass is 10.1. The van der Waals surface area contributed by atoms with Gasteiger partial charge in [-0.3, -0.25) is 19.0 Å². The summed E-state index contributed by atoms with van der Waals surface area (Å²) in [6.45, 7) is -0.171. The monoisotopic (exact) mass is 475 g/mol. The number of aryl methyl sites for hydroxylation is 1. The molecule has 0 aliphatic heterocycles. The van der Waals surface area contributed by atoms with Gasteiger partial charge in [0.1, 0.15) is 11.4 Å². The Morgan fingerprint density at radius 2 is 1.91 bits per heavy atom. The van der Waals surface area contributed by atoms with Crippen LogP contribution in [0, 0.1) is 0 Å². The van der Waals surface area contributed by atoms with Crippen molar-refractivity contribution >= 4 is 50.3 Å². The van der Waals surface area contributed by atoms with Crippen molar-refractivity contribution < 1.29 is 9.59 Å². The summed E-state index contributed by atoms with van der Waals surface area (Å²) in [5.41, 5.74) is 1.57. The Balaban J connectivity index is 1.33. The molecule has 0 spiro atoms. The zero-order valence-corrected chi connectivity index (χ0v) is 19.0. The zero-order valence-electron chi connectivity index (χ0n) is 17.4. The van der Waals surface area contributed by atoms with Crippen LogP contribution in [0.3, 0.4) is 0 Å². The number of rotatable bonds is 6. The molecule has 1 amide bonds. The maximum atomic E-state index is 13.1. The lowest BCUT2D eigenvalue weighted by molar-refractivity contribution is -0.116. The van der Waals surface area contributed by atoms with E-state index in [4.69, 9.17) is 0 Å². The first-order valence-electron chi connectivity index (χ1n) is 9.93. The predicted octanol–water partition coefficient (Wildman–Crippen LogP) is 3.79. The maximum Gasteiger partial charge on any atom is 0.263 e. The molecule has 8 nitrogen and oxygen atoms in total. The van der Waals surface area contributed by atoms with Crippen molar-refractivity contribution in [3.8, 4) is 10.4 Å². The molecular weight excluding hydrogens is 458 g/mol. The van der Waals surface area contributed by atoms with Gasteiger partial charge in [0, 0.05) is 46.5 Å². The van der Waals surface area contributed by atoms with Gasteiger partial charge in [-0.05, 0) is 35.7 Å². The highest BCUT2D eigenvalue weighted by Crippen LogP contribution is 2.33. The van der Waals surface area contributed by atoms with E-state index in [0.717, 1.165) is 10.4 Å². The van der Waals surface area contributed by atoms with Crippen LogP contribution in [0.25, 0.3) is 20.7 Å². The number of carbonyl (C=O) groups is 2. The molecule has 0 aliphatic rings. The minimum atomic E-state index is -0.366. The lowest BCUT2D eigenvalue weighted by Gasteiger charge is -2.08. The van der Waals surface area contributed by atoms with E-state index in [-0.39, 0.29) is 23.8 Å². The molecule has 1 N–H and O–H groups in total. The van der Waals surface area contributed by atoms with Crippen LogP contribution >= 0.6 is 22.7 Å². The molecule has 5 rings (SSSR count). The standard InChI is InChI=1S/C23H17N5O3S2/c1-27-9-8-24-21(27)20(30)14-4-6-15(7-5-14)26-18(29)11-28-13-25-22-19(23(28)31)16(12-33-22)17-3-2-10-32-17/h2-10,12-13H,11H2,1H3,(H,26,29). The van der Waals surface area contributed by atoms with E-state index in [1.165, 1.54) is 22.2 Å². The number of imidazole rings is 1. The molecule has 0 saturated carbocycles. The lowest BCUT2D eigenvalue weighted by Crippen LogP contribution is -2.27. The molecule has 0 aliphatic carbocycles. The van der Waals surface area contributed by atoms with Crippen LogP contribution in [0.4, 0.5) is 5.69 Å². The van der Waals surface area contributed by atoms with E-state index in [0.29, 0.717) is 27.3 Å². The van der Waals surface area contributed by atoms with Crippen molar-refractivity contribution in [2.75, 3.05) is 5.32 Å². The third kappa shape index (κ3) is 4.01. The summed E-state index contributed by atoms with van der Waals surface area (Å²) in [4.78, 5) is 48.2. The largest absolute Gasteiger partial charge is 0.331 e. The van der Waals surface area contributed by atoms with Gasteiger partial charge in [0.2, 0.25) is 11.7 Å². The number of thiophene rings is 2. The summed E-state index contributed by atoms with van der Waals surface area (Å²) >= 11 is 2.96. The van der Waals surface area contributed by atoms with Crippen LogP contribution < -0.4 is 10.9 Å². The summed E-state index contributed by atoms with van der Waals surface area (Å²) in [6, 6.07) is 10.4. The molecule has 0 radical (unpaired) electrons. The Bertz CT molecular complexity index is 1530. The molecule has 4 aromatic heterocycles. The Labute approximate surface area is 195 Å². The number of ketones is 1. The molecule has 164 valence electrons. The van der Waals surface area contributed by atoms with Gasteiger partial charge >= 0.3 is 0 Å². The summed E-state index contributed by atoms with van der Waals surface area (Å²) < 4.78 is 2.96. The second-order valence-corrected chi connectivity index (χ2v) is 9.11. The zero-order chi connectivity index (χ0) is 22.9. The van der Waals surface area contributed by atoms with E-state index in [2.05, 4.69) is 15.3 Å². The van der Waals surface area contributed by atoms with Gasteiger partial charge in [-0.15, -0.1) is 22.7 Å². The number of fused-ring (bicyclic) bond motifs is 1. The van der Waals surface area contributed by atoms with Gasteiger partial charge < -0.3 is 9.88 Å². The van der Waals surface area contributed by atoms with Gasteiger partial charge in [0.05, 0.1) is 11.7 Å². The SMILES string of the molecule is Cn1ccnc1C(=O)c1ccc(NC(=O)Cn2cnc3scc(-c4cccs4)c3c2=O)cc1. The van der Waals surface area contributed by atoms with Crippen molar-refractivity contribution in [1.82, 2.24) is 19.1 Å². The van der Waals surface area contributed by atoms with Crippen LogP contribution in [-0.2, 0) is 18.4 Å². The van der Waals surface area contributed by atoms with E-state index >= 15 is 0 Å². The van der Waals surface area contributed by atoms with E-state index in [9.17, 15) is 14.4 Å². The molecule has 0 bridgehead atoms. The molecule has 1 aromatic carbocycles. The van der Waals surface area contributed by atoms with E-state index < -0.39 is 0 Å². The number of nitrogens with zero attached hydrogens (tertiary/aromatic N) is 4. The summed E-state index contributed by atoms with van der Waals surface area (Å²) in [6.07, 6.45) is 4.67. The number of amides is 1. The number of hydrogen-bond donors (Lipinski definition) is 1. The predicted molar refractivity (Wildman–Crippen MR) is 129 cm³/mol. The number of carbonyl (C=O) groups excluding carboxylic acids is 2. The average Bonchev–Trinajstić information content (AvgIpc) is 3.56. The van der Waals surface area contributed by atoms with Crippen molar-refractivity contribution in [3.05, 3.63) is 87.6 Å². The molecule has 0 saturated heterocycles. The van der Waals surface area contributed by atoms with Crippen LogP contribution in [0.2, 0.25) is 0 Å². The molecule has 5 aromatic rings. The van der Waals surface area contributed by atoms with Crippen LogP contribution in [0.5, 0.6) is 0 Å². The second-order valence-electron chi connectivity index (χ2n) is 7.30. The smallest absolute Gasteiger partial charge is 0.263 e. The third-order valence-corrected chi connectivity index (χ3v) is 6.91. The normalized spacial score (nSPS) is 11.1. The van der Waals surface area contributed by atoms with Crippen molar-refractivity contribution in [1.29, 1.82) is 0 Å². The minimum Gasteiger partial charge on any atom is -0.331 e.